The minimum absolute atomic E-state index is 0. The van der Waals surface area contributed by atoms with Gasteiger partial charge in [-0.25, -0.2) is 13.4 Å². The maximum absolute atomic E-state index is 13.8. The fourth-order valence-corrected chi connectivity index (χ4v) is 6.68. The minimum atomic E-state index is -3.80. The fraction of sp³-hybridized carbons (Fsp3) is 0.310. The Balaban J connectivity index is 0.00000441. The molecule has 40 heavy (non-hydrogen) atoms. The van der Waals surface area contributed by atoms with Gasteiger partial charge in [0.1, 0.15) is 11.7 Å². The van der Waals surface area contributed by atoms with E-state index in [4.69, 9.17) is 16.1 Å². The molecular formula is C29H36BrClN6O2S. The number of imidazole rings is 1. The quantitative estimate of drug-likeness (QED) is 0.159. The van der Waals surface area contributed by atoms with E-state index in [1.807, 2.05) is 55.6 Å². The predicted molar refractivity (Wildman–Crippen MR) is 169 cm³/mol. The maximum atomic E-state index is 13.8. The number of nitrogens with zero attached hydrogens (tertiary/aromatic N) is 4. The zero-order valence-electron chi connectivity index (χ0n) is 23.0. The standard InChI is InChI=1S/C29H35BrN6O2S.ClH/c1-4-35(5-2)17-18-36(39(37,38)25-8-6-7-23(30)19-25)24-14-15-27-26(20-24)33-28(34(27)3)16-11-21-9-12-22(13-10-21)29(31)32;/h6-10,12-15,19-20H,4-5,11,16-18H2,1-3H3,(H3,31,32);1H. The van der Waals surface area contributed by atoms with Crippen LogP contribution in [-0.4, -0.2) is 54.9 Å². The molecule has 0 radical (unpaired) electrons. The summed E-state index contributed by atoms with van der Waals surface area (Å²) in [5, 5.41) is 7.56. The molecule has 0 fully saturated rings. The topological polar surface area (TPSA) is 108 Å². The third kappa shape index (κ3) is 7.04. The molecule has 0 aliphatic heterocycles. The maximum Gasteiger partial charge on any atom is 0.264 e. The summed E-state index contributed by atoms with van der Waals surface area (Å²) in [5.41, 5.74) is 9.71. The Kier molecular flexibility index (Phi) is 10.8. The highest BCUT2D eigenvalue weighted by Gasteiger charge is 2.26. The number of fused-ring (bicyclic) bond motifs is 1. The lowest BCUT2D eigenvalue weighted by molar-refractivity contribution is 0.313. The van der Waals surface area contributed by atoms with Gasteiger partial charge in [-0.05, 0) is 61.5 Å². The van der Waals surface area contributed by atoms with Crippen LogP contribution < -0.4 is 10.0 Å². The molecule has 3 aromatic carbocycles. The molecule has 1 aromatic heterocycles. The Morgan fingerprint density at radius 1 is 1.00 bits per heavy atom. The van der Waals surface area contributed by atoms with E-state index in [2.05, 4.69) is 39.2 Å². The molecule has 214 valence electrons. The highest BCUT2D eigenvalue weighted by atomic mass is 79.9. The van der Waals surface area contributed by atoms with Crippen molar-refractivity contribution in [1.82, 2.24) is 14.5 Å². The molecule has 8 nitrogen and oxygen atoms in total. The number of rotatable bonds is 12. The molecule has 4 aromatic rings. The molecule has 0 aliphatic rings. The van der Waals surface area contributed by atoms with Crippen molar-refractivity contribution in [3.05, 3.63) is 88.2 Å². The molecule has 0 saturated carbocycles. The van der Waals surface area contributed by atoms with E-state index < -0.39 is 10.0 Å². The summed E-state index contributed by atoms with van der Waals surface area (Å²) in [6, 6.07) is 20.2. The van der Waals surface area contributed by atoms with Crippen molar-refractivity contribution >= 4 is 60.9 Å². The summed E-state index contributed by atoms with van der Waals surface area (Å²) in [7, 11) is -1.81. The van der Waals surface area contributed by atoms with E-state index in [1.54, 1.807) is 18.2 Å². The number of sulfonamides is 1. The summed E-state index contributed by atoms with van der Waals surface area (Å²) in [5.74, 6) is 0.975. The van der Waals surface area contributed by atoms with Crippen molar-refractivity contribution in [1.29, 1.82) is 5.41 Å². The Morgan fingerprint density at radius 2 is 1.70 bits per heavy atom. The van der Waals surface area contributed by atoms with Crippen LogP contribution in [0.1, 0.15) is 30.8 Å². The van der Waals surface area contributed by atoms with Crippen LogP contribution in [-0.2, 0) is 29.9 Å². The molecular weight excluding hydrogens is 612 g/mol. The van der Waals surface area contributed by atoms with Crippen LogP contribution in [0.4, 0.5) is 5.69 Å². The first kappa shape index (κ1) is 31.6. The van der Waals surface area contributed by atoms with Crippen LogP contribution in [0.3, 0.4) is 0 Å². The average molecular weight is 648 g/mol. The number of anilines is 1. The number of nitrogen functional groups attached to an aromatic ring is 1. The predicted octanol–water partition coefficient (Wildman–Crippen LogP) is 5.36. The van der Waals surface area contributed by atoms with Crippen molar-refractivity contribution in [3.63, 3.8) is 0 Å². The Hall–Kier alpha value is -2.92. The van der Waals surface area contributed by atoms with Crippen LogP contribution in [0.25, 0.3) is 11.0 Å². The monoisotopic (exact) mass is 646 g/mol. The van der Waals surface area contributed by atoms with Gasteiger partial charge in [0.15, 0.2) is 0 Å². The Morgan fingerprint density at radius 3 is 2.33 bits per heavy atom. The molecule has 0 spiro atoms. The first-order valence-corrected chi connectivity index (χ1v) is 15.3. The highest BCUT2D eigenvalue weighted by Crippen LogP contribution is 2.29. The van der Waals surface area contributed by atoms with Crippen LogP contribution in [0.15, 0.2) is 76.1 Å². The zero-order chi connectivity index (χ0) is 28.2. The fourth-order valence-electron chi connectivity index (χ4n) is 4.64. The Bertz CT molecular complexity index is 1570. The van der Waals surface area contributed by atoms with E-state index in [-0.39, 0.29) is 23.1 Å². The number of hydrogen-bond acceptors (Lipinski definition) is 5. The van der Waals surface area contributed by atoms with Crippen molar-refractivity contribution in [2.75, 3.05) is 30.5 Å². The number of benzene rings is 3. The summed E-state index contributed by atoms with van der Waals surface area (Å²) in [4.78, 5) is 7.34. The number of aromatic nitrogens is 2. The second kappa shape index (κ2) is 13.6. The lowest BCUT2D eigenvalue weighted by Gasteiger charge is -2.28. The van der Waals surface area contributed by atoms with Crippen LogP contribution in [0.2, 0.25) is 0 Å². The summed E-state index contributed by atoms with van der Waals surface area (Å²) in [6.07, 6.45) is 1.51. The number of likely N-dealkylation sites (N-methyl/N-ethyl adjacent to an activating group) is 1. The Labute approximate surface area is 251 Å². The van der Waals surface area contributed by atoms with Crippen LogP contribution >= 0.6 is 28.3 Å². The van der Waals surface area contributed by atoms with Gasteiger partial charge in [-0.1, -0.05) is 60.1 Å². The molecule has 0 amide bonds. The smallest absolute Gasteiger partial charge is 0.264 e. The van der Waals surface area contributed by atoms with E-state index in [9.17, 15) is 8.42 Å². The first-order chi connectivity index (χ1) is 18.6. The number of nitrogens with one attached hydrogen (secondary N) is 1. The largest absolute Gasteiger partial charge is 0.384 e. The van der Waals surface area contributed by atoms with Gasteiger partial charge >= 0.3 is 0 Å². The molecule has 0 unspecified atom stereocenters. The number of aryl methyl sites for hydroxylation is 3. The van der Waals surface area contributed by atoms with Gasteiger partial charge in [0, 0.05) is 36.6 Å². The average Bonchev–Trinajstić information content (AvgIpc) is 3.24. The lowest BCUT2D eigenvalue weighted by atomic mass is 10.1. The molecule has 0 aliphatic carbocycles. The van der Waals surface area contributed by atoms with Crippen molar-refractivity contribution in [2.45, 2.75) is 31.6 Å². The number of hydrogen-bond donors (Lipinski definition) is 2. The summed E-state index contributed by atoms with van der Waals surface area (Å²) in [6.45, 7) is 6.81. The molecule has 11 heteroatoms. The van der Waals surface area contributed by atoms with E-state index in [0.717, 1.165) is 48.4 Å². The van der Waals surface area contributed by atoms with E-state index in [1.165, 1.54) is 4.31 Å². The van der Waals surface area contributed by atoms with Crippen LogP contribution in [0.5, 0.6) is 0 Å². The number of amidine groups is 1. The molecule has 0 saturated heterocycles. The van der Waals surface area contributed by atoms with Crippen molar-refractivity contribution < 1.29 is 8.42 Å². The second-order valence-electron chi connectivity index (χ2n) is 9.43. The van der Waals surface area contributed by atoms with Gasteiger partial charge < -0.3 is 15.2 Å². The van der Waals surface area contributed by atoms with Gasteiger partial charge in [0.2, 0.25) is 0 Å². The summed E-state index contributed by atoms with van der Waals surface area (Å²) >= 11 is 3.41. The number of halogens is 2. The molecule has 0 bridgehead atoms. The minimum Gasteiger partial charge on any atom is -0.384 e. The van der Waals surface area contributed by atoms with Gasteiger partial charge in [0.25, 0.3) is 10.0 Å². The third-order valence-electron chi connectivity index (χ3n) is 7.05. The third-order valence-corrected chi connectivity index (χ3v) is 9.36. The second-order valence-corrected chi connectivity index (χ2v) is 12.2. The van der Waals surface area contributed by atoms with Gasteiger partial charge in [-0.15, -0.1) is 12.4 Å². The van der Waals surface area contributed by atoms with E-state index >= 15 is 0 Å². The van der Waals surface area contributed by atoms with Crippen molar-refractivity contribution in [2.24, 2.45) is 12.8 Å². The van der Waals surface area contributed by atoms with Gasteiger partial charge in [0.05, 0.1) is 21.6 Å². The number of nitrogens with two attached hydrogens (primary N) is 1. The lowest BCUT2D eigenvalue weighted by Crippen LogP contribution is -2.38. The molecule has 4 rings (SSSR count). The van der Waals surface area contributed by atoms with Crippen molar-refractivity contribution in [3.8, 4) is 0 Å². The molecule has 0 atom stereocenters. The first-order valence-electron chi connectivity index (χ1n) is 13.0. The van der Waals surface area contributed by atoms with Crippen LogP contribution in [0, 0.1) is 5.41 Å². The SMILES string of the molecule is CCN(CC)CCN(c1ccc2c(c1)nc(CCc1ccc(C(=N)N)cc1)n2C)S(=O)(=O)c1cccc(Br)c1.Cl. The molecule has 1 heterocycles. The summed E-state index contributed by atoms with van der Waals surface area (Å²) < 4.78 is 32.0. The normalized spacial score (nSPS) is 11.5. The van der Waals surface area contributed by atoms with Gasteiger partial charge in [-0.3, -0.25) is 9.71 Å². The van der Waals surface area contributed by atoms with E-state index in [0.29, 0.717) is 28.8 Å². The highest BCUT2D eigenvalue weighted by molar-refractivity contribution is 9.10. The molecule has 3 N–H and O–H groups in total. The zero-order valence-corrected chi connectivity index (χ0v) is 26.2. The van der Waals surface area contributed by atoms with Gasteiger partial charge in [-0.2, -0.15) is 0 Å².